The predicted octanol–water partition coefficient (Wildman–Crippen LogP) is 20.9. The molecule has 72 heavy (non-hydrogen) atoms. The first kappa shape index (κ1) is 68.8. The van der Waals surface area contributed by atoms with Crippen LogP contribution in [0, 0.1) is 0 Å². The van der Waals surface area contributed by atoms with Gasteiger partial charge in [-0.15, -0.1) is 0 Å². The van der Waals surface area contributed by atoms with Gasteiger partial charge in [0.25, 0.3) is 0 Å². The van der Waals surface area contributed by atoms with Crippen LogP contribution in [0.2, 0.25) is 0 Å². The summed E-state index contributed by atoms with van der Waals surface area (Å²) >= 11 is 0. The summed E-state index contributed by atoms with van der Waals surface area (Å²) in [4.78, 5) is 38.2. The maximum Gasteiger partial charge on any atom is 0.306 e. The van der Waals surface area contributed by atoms with Crippen LogP contribution in [0.3, 0.4) is 0 Å². The van der Waals surface area contributed by atoms with Crippen molar-refractivity contribution >= 4 is 17.9 Å². The lowest BCUT2D eigenvalue weighted by Gasteiger charge is -2.18. The van der Waals surface area contributed by atoms with Gasteiger partial charge < -0.3 is 14.2 Å². The van der Waals surface area contributed by atoms with Crippen molar-refractivity contribution in [2.45, 2.75) is 316 Å². The summed E-state index contributed by atoms with van der Waals surface area (Å²) in [5.74, 6) is -0.879. The van der Waals surface area contributed by atoms with Crippen molar-refractivity contribution in [2.75, 3.05) is 13.2 Å². The Bertz CT molecular complexity index is 1340. The van der Waals surface area contributed by atoms with Crippen LogP contribution in [0.4, 0.5) is 0 Å². The number of unbranched alkanes of at least 4 members (excludes halogenated alkanes) is 33. The predicted molar refractivity (Wildman–Crippen MR) is 311 cm³/mol. The normalized spacial score (nSPS) is 12.5. The summed E-state index contributed by atoms with van der Waals surface area (Å²) in [5.41, 5.74) is 0. The second kappa shape index (κ2) is 60.4. The number of rotatable bonds is 56. The zero-order valence-electron chi connectivity index (χ0n) is 47.7. The minimum Gasteiger partial charge on any atom is -0.462 e. The van der Waals surface area contributed by atoms with E-state index in [1.54, 1.807) is 0 Å². The quantitative estimate of drug-likeness (QED) is 0.0261. The molecular formula is C66H116O6. The molecule has 6 nitrogen and oxygen atoms in total. The lowest BCUT2D eigenvalue weighted by molar-refractivity contribution is -0.167. The van der Waals surface area contributed by atoms with E-state index in [4.69, 9.17) is 14.2 Å². The molecule has 0 rings (SSSR count). The van der Waals surface area contributed by atoms with Crippen molar-refractivity contribution in [3.63, 3.8) is 0 Å². The highest BCUT2D eigenvalue weighted by atomic mass is 16.6. The van der Waals surface area contributed by atoms with Crippen molar-refractivity contribution < 1.29 is 28.6 Å². The minimum absolute atomic E-state index is 0.0783. The number of hydrogen-bond donors (Lipinski definition) is 0. The third-order valence-corrected chi connectivity index (χ3v) is 13.4. The van der Waals surface area contributed by atoms with Crippen molar-refractivity contribution in [1.82, 2.24) is 0 Å². The molecule has 0 spiro atoms. The molecule has 0 N–H and O–H groups in total. The molecule has 0 saturated carbocycles. The maximum atomic E-state index is 12.9. The largest absolute Gasteiger partial charge is 0.462 e. The first-order valence-electron chi connectivity index (χ1n) is 30.9. The zero-order chi connectivity index (χ0) is 52.2. The van der Waals surface area contributed by atoms with Gasteiger partial charge in [0.2, 0.25) is 0 Å². The highest BCUT2D eigenvalue weighted by Gasteiger charge is 2.19. The molecule has 416 valence electrons. The number of ether oxygens (including phenoxy) is 3. The molecule has 0 aromatic carbocycles. The Labute approximate surface area is 446 Å². The van der Waals surface area contributed by atoms with Crippen LogP contribution in [0.25, 0.3) is 0 Å². The molecule has 0 aliphatic carbocycles. The van der Waals surface area contributed by atoms with Crippen molar-refractivity contribution in [3.8, 4) is 0 Å². The van der Waals surface area contributed by atoms with E-state index in [1.807, 2.05) is 0 Å². The molecule has 1 unspecified atom stereocenters. The Morgan fingerprint density at radius 2 is 0.542 bits per heavy atom. The zero-order valence-corrected chi connectivity index (χ0v) is 47.7. The summed E-state index contributed by atoms with van der Waals surface area (Å²) in [7, 11) is 0. The molecule has 0 saturated heterocycles. The highest BCUT2D eigenvalue weighted by Crippen LogP contribution is 2.17. The van der Waals surface area contributed by atoms with Crippen LogP contribution < -0.4 is 0 Å². The van der Waals surface area contributed by atoms with E-state index in [2.05, 4.69) is 93.7 Å². The van der Waals surface area contributed by atoms with Crippen molar-refractivity contribution in [3.05, 3.63) is 72.9 Å². The van der Waals surface area contributed by atoms with Crippen LogP contribution in [0.5, 0.6) is 0 Å². The summed E-state index contributed by atoms with van der Waals surface area (Å²) in [6.07, 6.45) is 77.6. The van der Waals surface area contributed by atoms with Crippen LogP contribution in [-0.2, 0) is 28.6 Å². The van der Waals surface area contributed by atoms with Gasteiger partial charge in [-0.1, -0.05) is 273 Å². The average molecular weight is 1010 g/mol. The second-order valence-electron chi connectivity index (χ2n) is 20.6. The Balaban J connectivity index is 4.29. The van der Waals surface area contributed by atoms with Gasteiger partial charge in [0.1, 0.15) is 13.2 Å². The molecule has 0 bridgehead atoms. The molecule has 0 aromatic rings. The minimum atomic E-state index is -0.779. The van der Waals surface area contributed by atoms with Gasteiger partial charge in [-0.3, -0.25) is 14.4 Å². The van der Waals surface area contributed by atoms with Crippen LogP contribution in [0.15, 0.2) is 72.9 Å². The first-order valence-corrected chi connectivity index (χ1v) is 30.9. The Morgan fingerprint density at radius 1 is 0.292 bits per heavy atom. The molecule has 0 radical (unpaired) electrons. The SMILES string of the molecule is CC/C=C\C/C=C\C/C=C\C/C=C\C/C=C\CCCCCCCCCCCC(=O)OCC(COC(=O)CCCCCCC/C=C\CCCCC)OC(=O)CCCCCCCCCCCCCCCCCCC. The number of allylic oxidation sites excluding steroid dienone is 12. The van der Waals surface area contributed by atoms with E-state index in [0.717, 1.165) is 103 Å². The molecule has 0 fully saturated rings. The van der Waals surface area contributed by atoms with E-state index in [-0.39, 0.29) is 31.1 Å². The summed E-state index contributed by atoms with van der Waals surface area (Å²) in [5, 5.41) is 0. The summed E-state index contributed by atoms with van der Waals surface area (Å²) < 4.78 is 16.9. The van der Waals surface area contributed by atoms with Crippen molar-refractivity contribution in [1.29, 1.82) is 0 Å². The number of hydrogen-bond acceptors (Lipinski definition) is 6. The second-order valence-corrected chi connectivity index (χ2v) is 20.6. The fraction of sp³-hybridized carbons (Fsp3) is 0.773. The Hall–Kier alpha value is -3.15. The molecule has 0 aliphatic rings. The molecule has 0 aliphatic heterocycles. The lowest BCUT2D eigenvalue weighted by Crippen LogP contribution is -2.30. The third kappa shape index (κ3) is 57.7. The highest BCUT2D eigenvalue weighted by molar-refractivity contribution is 5.71. The molecular weight excluding hydrogens is 889 g/mol. The number of carbonyl (C=O) groups excluding carboxylic acids is 3. The van der Waals surface area contributed by atoms with Gasteiger partial charge >= 0.3 is 17.9 Å². The van der Waals surface area contributed by atoms with Gasteiger partial charge in [-0.2, -0.15) is 0 Å². The maximum absolute atomic E-state index is 12.9. The van der Waals surface area contributed by atoms with Gasteiger partial charge in [-0.25, -0.2) is 0 Å². The van der Waals surface area contributed by atoms with E-state index in [1.165, 1.54) is 167 Å². The standard InChI is InChI=1S/C66H116O6/c1-4-7-10-13-16-19-22-25-27-29-30-31-32-33-34-35-36-38-39-41-44-47-50-53-56-59-65(68)71-62-63(61-70-64(67)58-55-52-49-46-43-24-21-18-15-12-9-6-3)72-66(69)60-57-54-51-48-45-42-40-37-28-26-23-20-17-14-11-8-5-2/h7,10,16,18-19,21,25,27,30-31,33-34,63H,4-6,8-9,11-15,17,20,22-24,26,28-29,32,35-62H2,1-3H3/b10-7-,19-16-,21-18-,27-25-,31-30-,34-33-. The third-order valence-electron chi connectivity index (χ3n) is 13.4. The molecule has 0 heterocycles. The number of carbonyl (C=O) groups is 3. The lowest BCUT2D eigenvalue weighted by atomic mass is 10.0. The van der Waals surface area contributed by atoms with Gasteiger partial charge in [0, 0.05) is 19.3 Å². The smallest absolute Gasteiger partial charge is 0.306 e. The van der Waals surface area contributed by atoms with Crippen LogP contribution >= 0.6 is 0 Å². The average Bonchev–Trinajstić information content (AvgIpc) is 3.38. The summed E-state index contributed by atoms with van der Waals surface area (Å²) in [6, 6.07) is 0. The van der Waals surface area contributed by atoms with Crippen LogP contribution in [-0.4, -0.2) is 37.2 Å². The Kier molecular flexibility index (Phi) is 57.8. The number of esters is 3. The molecule has 0 amide bonds. The first-order chi connectivity index (χ1) is 35.5. The molecule has 6 heteroatoms. The topological polar surface area (TPSA) is 78.9 Å². The van der Waals surface area contributed by atoms with Gasteiger partial charge in [-0.05, 0) is 89.9 Å². The molecule has 0 aromatic heterocycles. The van der Waals surface area contributed by atoms with E-state index in [0.29, 0.717) is 19.3 Å². The fourth-order valence-electron chi connectivity index (χ4n) is 8.82. The monoisotopic (exact) mass is 1000 g/mol. The molecule has 1 atom stereocenters. The van der Waals surface area contributed by atoms with Gasteiger partial charge in [0.05, 0.1) is 0 Å². The fourth-order valence-corrected chi connectivity index (χ4v) is 8.82. The van der Waals surface area contributed by atoms with Crippen LogP contribution in [0.1, 0.15) is 310 Å². The van der Waals surface area contributed by atoms with Crippen molar-refractivity contribution in [2.24, 2.45) is 0 Å². The van der Waals surface area contributed by atoms with E-state index >= 15 is 0 Å². The van der Waals surface area contributed by atoms with E-state index in [9.17, 15) is 14.4 Å². The summed E-state index contributed by atoms with van der Waals surface area (Å²) in [6.45, 7) is 6.53. The van der Waals surface area contributed by atoms with E-state index < -0.39 is 6.10 Å². The Morgan fingerprint density at radius 3 is 0.889 bits per heavy atom. The van der Waals surface area contributed by atoms with Gasteiger partial charge in [0.15, 0.2) is 6.10 Å².